The van der Waals surface area contributed by atoms with Crippen molar-refractivity contribution < 1.29 is 5.21 Å². The fourth-order valence-electron chi connectivity index (χ4n) is 2.36. The van der Waals surface area contributed by atoms with E-state index >= 15 is 0 Å². The van der Waals surface area contributed by atoms with Gasteiger partial charge in [0, 0.05) is 22.7 Å². The zero-order valence-electron chi connectivity index (χ0n) is 10.9. The number of hydrogen-bond donors (Lipinski definition) is 1. The molecule has 4 nitrogen and oxygen atoms in total. The third-order valence-corrected chi connectivity index (χ3v) is 3.64. The highest BCUT2D eigenvalue weighted by atomic mass is 35.5. The highest BCUT2D eigenvalue weighted by Gasteiger charge is 2.16. The van der Waals surface area contributed by atoms with Gasteiger partial charge in [-0.25, -0.2) is 0 Å². The van der Waals surface area contributed by atoms with Crippen LogP contribution in [0.2, 0.25) is 0 Å². The average Bonchev–Trinajstić information content (AvgIpc) is 2.54. The summed E-state index contributed by atoms with van der Waals surface area (Å²) in [4.78, 5) is 12.6. The van der Waals surface area contributed by atoms with Gasteiger partial charge < -0.3 is 5.21 Å². The van der Waals surface area contributed by atoms with E-state index in [9.17, 15) is 4.79 Å². The first-order valence-corrected chi connectivity index (χ1v) is 6.64. The maximum atomic E-state index is 12.6. The first-order chi connectivity index (χ1) is 10.2. The van der Waals surface area contributed by atoms with Crippen LogP contribution in [0.25, 0.3) is 22.2 Å². The van der Waals surface area contributed by atoms with Crippen LogP contribution in [0.4, 0.5) is 0 Å². The molecular weight excluding hydrogens is 288 g/mol. The van der Waals surface area contributed by atoms with Crippen LogP contribution in [0.3, 0.4) is 0 Å². The molecule has 1 heterocycles. The Labute approximate surface area is 125 Å². The molecule has 0 atom stereocenters. The summed E-state index contributed by atoms with van der Waals surface area (Å²) >= 11 is 6.42. The lowest BCUT2D eigenvalue weighted by Gasteiger charge is -2.13. The van der Waals surface area contributed by atoms with Gasteiger partial charge in [-0.2, -0.15) is 0 Å². The van der Waals surface area contributed by atoms with E-state index < -0.39 is 0 Å². The summed E-state index contributed by atoms with van der Waals surface area (Å²) in [6.45, 7) is 0. The normalized spacial score (nSPS) is 11.3. The third-order valence-electron chi connectivity index (χ3n) is 3.29. The van der Waals surface area contributed by atoms with Crippen molar-refractivity contribution in [2.24, 2.45) is 5.16 Å². The van der Waals surface area contributed by atoms with E-state index in [4.69, 9.17) is 17.0 Å². The molecular formula is C16H11ClN2O2. The van der Waals surface area contributed by atoms with E-state index in [1.165, 1.54) is 4.09 Å². The molecule has 0 saturated carbocycles. The van der Waals surface area contributed by atoms with Crippen molar-refractivity contribution in [2.75, 3.05) is 0 Å². The number of halogens is 1. The van der Waals surface area contributed by atoms with Crippen LogP contribution in [-0.2, 0) is 0 Å². The van der Waals surface area contributed by atoms with Gasteiger partial charge in [-0.05, 0) is 12.1 Å². The number of hydrogen-bond acceptors (Lipinski definition) is 3. The zero-order chi connectivity index (χ0) is 14.8. The fourth-order valence-corrected chi connectivity index (χ4v) is 2.69. The molecule has 0 radical (unpaired) electrons. The van der Waals surface area contributed by atoms with Crippen LogP contribution in [-0.4, -0.2) is 15.5 Å². The van der Waals surface area contributed by atoms with Crippen LogP contribution < -0.4 is 5.43 Å². The Hall–Kier alpha value is -2.59. The van der Waals surface area contributed by atoms with E-state index in [1.807, 2.05) is 36.4 Å². The predicted molar refractivity (Wildman–Crippen MR) is 84.3 cm³/mol. The molecule has 1 aromatic heterocycles. The summed E-state index contributed by atoms with van der Waals surface area (Å²) in [6.07, 6.45) is 1.12. The van der Waals surface area contributed by atoms with Gasteiger partial charge in [0.25, 0.3) is 0 Å². The highest BCUT2D eigenvalue weighted by Crippen LogP contribution is 2.26. The second-order valence-electron chi connectivity index (χ2n) is 4.50. The lowest BCUT2D eigenvalue weighted by molar-refractivity contribution is 0.322. The molecule has 0 saturated heterocycles. The fraction of sp³-hybridized carbons (Fsp3) is 0. The molecule has 2 aromatic carbocycles. The number of fused-ring (bicyclic) bond motifs is 1. The van der Waals surface area contributed by atoms with Crippen molar-refractivity contribution in [1.82, 2.24) is 4.09 Å². The van der Waals surface area contributed by atoms with Crippen LogP contribution in [0.1, 0.15) is 5.56 Å². The molecule has 0 unspecified atom stereocenters. The Morgan fingerprint density at radius 2 is 1.71 bits per heavy atom. The summed E-state index contributed by atoms with van der Waals surface area (Å²) < 4.78 is 1.42. The monoisotopic (exact) mass is 298 g/mol. The van der Waals surface area contributed by atoms with E-state index in [1.54, 1.807) is 18.2 Å². The quantitative estimate of drug-likeness (QED) is 0.447. The maximum Gasteiger partial charge on any atom is 0.199 e. The standard InChI is InChI=1S/C16H11ClN2O2/c17-19-14-9-5-4-8-12(14)16(20)13(10-18-21)15(19)11-6-2-1-3-7-11/h1-10,21H/b18-10+. The van der Waals surface area contributed by atoms with Crippen molar-refractivity contribution in [3.05, 3.63) is 70.4 Å². The lowest BCUT2D eigenvalue weighted by atomic mass is 10.0. The molecule has 0 bridgehead atoms. The molecule has 0 fully saturated rings. The van der Waals surface area contributed by atoms with E-state index in [0.29, 0.717) is 16.6 Å². The van der Waals surface area contributed by atoms with Gasteiger partial charge >= 0.3 is 0 Å². The van der Waals surface area contributed by atoms with Gasteiger partial charge in [0.15, 0.2) is 5.43 Å². The second-order valence-corrected chi connectivity index (χ2v) is 4.84. The molecule has 104 valence electrons. The largest absolute Gasteiger partial charge is 0.411 e. The maximum absolute atomic E-state index is 12.6. The first-order valence-electron chi connectivity index (χ1n) is 6.31. The minimum absolute atomic E-state index is 0.223. The molecule has 3 aromatic rings. The van der Waals surface area contributed by atoms with Crippen molar-refractivity contribution in [3.8, 4) is 11.3 Å². The summed E-state index contributed by atoms with van der Waals surface area (Å²) in [6, 6.07) is 16.3. The molecule has 0 aliphatic carbocycles. The number of nitrogens with zero attached hydrogens (tertiary/aromatic N) is 2. The summed E-state index contributed by atoms with van der Waals surface area (Å²) in [5, 5.41) is 12.3. The Kier molecular flexibility index (Phi) is 3.46. The van der Waals surface area contributed by atoms with E-state index in [-0.39, 0.29) is 11.0 Å². The van der Waals surface area contributed by atoms with Gasteiger partial charge in [0.2, 0.25) is 0 Å². The molecule has 0 aliphatic heterocycles. The summed E-state index contributed by atoms with van der Waals surface area (Å²) in [5.74, 6) is 0. The van der Waals surface area contributed by atoms with Crippen LogP contribution >= 0.6 is 11.8 Å². The third kappa shape index (κ3) is 2.19. The van der Waals surface area contributed by atoms with Gasteiger partial charge in [0.1, 0.15) is 0 Å². The van der Waals surface area contributed by atoms with Gasteiger partial charge in [-0.1, -0.05) is 47.6 Å². The molecule has 3 rings (SSSR count). The van der Waals surface area contributed by atoms with Crippen molar-refractivity contribution in [3.63, 3.8) is 0 Å². The smallest absolute Gasteiger partial charge is 0.199 e. The van der Waals surface area contributed by atoms with Crippen molar-refractivity contribution >= 4 is 28.9 Å². The average molecular weight is 299 g/mol. The number of pyridine rings is 1. The second kappa shape index (κ2) is 5.42. The number of benzene rings is 2. The van der Waals surface area contributed by atoms with Gasteiger partial charge in [0.05, 0.1) is 23.0 Å². The Morgan fingerprint density at radius 1 is 1.05 bits per heavy atom. The van der Waals surface area contributed by atoms with Crippen LogP contribution in [0.5, 0.6) is 0 Å². The number of oxime groups is 1. The molecule has 1 N–H and O–H groups in total. The summed E-state index contributed by atoms with van der Waals surface area (Å²) in [7, 11) is 0. The highest BCUT2D eigenvalue weighted by molar-refractivity contribution is 6.21. The Balaban J connectivity index is 2.50. The van der Waals surface area contributed by atoms with E-state index in [0.717, 1.165) is 11.8 Å². The van der Waals surface area contributed by atoms with Gasteiger partial charge in [-0.15, -0.1) is 0 Å². The Morgan fingerprint density at radius 3 is 2.43 bits per heavy atom. The topological polar surface area (TPSA) is 54.6 Å². The van der Waals surface area contributed by atoms with Crippen LogP contribution in [0.15, 0.2) is 64.5 Å². The van der Waals surface area contributed by atoms with E-state index in [2.05, 4.69) is 5.16 Å². The SMILES string of the molecule is O=c1c(/C=N/O)c(-c2ccccc2)n(Cl)c2ccccc12. The van der Waals surface area contributed by atoms with Crippen molar-refractivity contribution in [2.45, 2.75) is 0 Å². The molecule has 0 spiro atoms. The molecule has 5 heteroatoms. The Bertz CT molecular complexity index is 886. The number of para-hydroxylation sites is 1. The van der Waals surface area contributed by atoms with Crippen molar-refractivity contribution in [1.29, 1.82) is 0 Å². The number of rotatable bonds is 2. The first kappa shape index (κ1) is 13.4. The molecule has 0 amide bonds. The number of aromatic nitrogens is 1. The minimum atomic E-state index is -0.223. The lowest BCUT2D eigenvalue weighted by Crippen LogP contribution is -2.15. The zero-order valence-corrected chi connectivity index (χ0v) is 11.7. The minimum Gasteiger partial charge on any atom is -0.411 e. The molecule has 21 heavy (non-hydrogen) atoms. The van der Waals surface area contributed by atoms with Gasteiger partial charge in [-0.3, -0.25) is 8.88 Å². The molecule has 0 aliphatic rings. The summed E-state index contributed by atoms with van der Waals surface area (Å²) in [5.41, 5.74) is 1.90. The van der Waals surface area contributed by atoms with Crippen LogP contribution in [0, 0.1) is 0 Å². The predicted octanol–water partition coefficient (Wildman–Crippen LogP) is 3.48.